The van der Waals surface area contributed by atoms with E-state index >= 15 is 0 Å². The van der Waals surface area contributed by atoms with E-state index in [-0.39, 0.29) is 0 Å². The van der Waals surface area contributed by atoms with Gasteiger partial charge in [0.1, 0.15) is 0 Å². The van der Waals surface area contributed by atoms with Crippen molar-refractivity contribution < 1.29 is 0 Å². The summed E-state index contributed by atoms with van der Waals surface area (Å²) in [6.07, 6.45) is 1.01. The van der Waals surface area contributed by atoms with Crippen LogP contribution in [0.15, 0.2) is 38.6 Å². The largest absolute Gasteiger partial charge is 0.310 e. The van der Waals surface area contributed by atoms with Crippen LogP contribution in [-0.4, -0.2) is 6.54 Å². The fourth-order valence-corrected chi connectivity index (χ4v) is 4.24. The highest BCUT2D eigenvalue weighted by molar-refractivity contribution is 9.10. The number of nitrogens with one attached hydrogen (secondary N) is 1. The number of likely N-dealkylation sites (N-methyl/N-ethyl adjacent to an activating group) is 1. The summed E-state index contributed by atoms with van der Waals surface area (Å²) in [5.41, 5.74) is 2.62. The van der Waals surface area contributed by atoms with Gasteiger partial charge in [0.05, 0.1) is 0 Å². The van der Waals surface area contributed by atoms with Gasteiger partial charge in [0.25, 0.3) is 0 Å². The molecule has 1 nitrogen and oxygen atoms in total. The first-order chi connectivity index (χ1) is 9.13. The molecular weight excluding hydrogens is 386 g/mol. The summed E-state index contributed by atoms with van der Waals surface area (Å²) in [5.74, 6) is 0. The summed E-state index contributed by atoms with van der Waals surface area (Å²) in [7, 11) is 0. The van der Waals surface area contributed by atoms with Gasteiger partial charge in [0.15, 0.2) is 0 Å². The standard InChI is InChI=1S/C15H17Br2NS/c1-3-18-13(9-14-12(16)7-8-19-14)11-6-4-5-10(2)15(11)17/h4-8,13,18H,3,9H2,1-2H3. The Labute approximate surface area is 135 Å². The van der Waals surface area contributed by atoms with E-state index in [2.05, 4.69) is 80.7 Å². The van der Waals surface area contributed by atoms with Gasteiger partial charge in [-0.1, -0.05) is 41.1 Å². The first-order valence-electron chi connectivity index (χ1n) is 6.33. The second-order valence-electron chi connectivity index (χ2n) is 4.48. The number of hydrogen-bond acceptors (Lipinski definition) is 2. The van der Waals surface area contributed by atoms with Gasteiger partial charge < -0.3 is 5.32 Å². The second-order valence-corrected chi connectivity index (χ2v) is 7.13. The van der Waals surface area contributed by atoms with Crippen LogP contribution in [-0.2, 0) is 6.42 Å². The third-order valence-electron chi connectivity index (χ3n) is 3.13. The van der Waals surface area contributed by atoms with Gasteiger partial charge >= 0.3 is 0 Å². The Balaban J connectivity index is 2.29. The van der Waals surface area contributed by atoms with Gasteiger partial charge in [-0.05, 0) is 52.0 Å². The fourth-order valence-electron chi connectivity index (χ4n) is 2.13. The molecule has 0 aliphatic heterocycles. The topological polar surface area (TPSA) is 12.0 Å². The van der Waals surface area contributed by atoms with Crippen LogP contribution < -0.4 is 5.32 Å². The van der Waals surface area contributed by atoms with E-state index in [0.717, 1.165) is 13.0 Å². The number of hydrogen-bond donors (Lipinski definition) is 1. The molecule has 0 fully saturated rings. The summed E-state index contributed by atoms with van der Waals surface area (Å²) in [6.45, 7) is 5.26. The van der Waals surface area contributed by atoms with Crippen molar-refractivity contribution in [3.63, 3.8) is 0 Å². The van der Waals surface area contributed by atoms with Crippen LogP contribution >= 0.6 is 43.2 Å². The number of benzene rings is 1. The molecule has 1 aromatic heterocycles. The first-order valence-corrected chi connectivity index (χ1v) is 8.80. The normalized spacial score (nSPS) is 12.6. The highest BCUT2D eigenvalue weighted by Gasteiger charge is 2.17. The maximum Gasteiger partial charge on any atom is 0.0380 e. The lowest BCUT2D eigenvalue weighted by Crippen LogP contribution is -2.23. The third kappa shape index (κ3) is 3.69. The fraction of sp³-hybridized carbons (Fsp3) is 0.333. The average Bonchev–Trinajstić information content (AvgIpc) is 2.78. The predicted molar refractivity (Wildman–Crippen MR) is 91.0 cm³/mol. The minimum absolute atomic E-state index is 0.342. The third-order valence-corrected chi connectivity index (χ3v) is 6.16. The molecule has 0 bridgehead atoms. The molecule has 0 radical (unpaired) electrons. The van der Waals surface area contributed by atoms with Crippen molar-refractivity contribution in [3.8, 4) is 0 Å². The Morgan fingerprint density at radius 1 is 1.26 bits per heavy atom. The van der Waals surface area contributed by atoms with Crippen molar-refractivity contribution in [2.45, 2.75) is 26.3 Å². The number of rotatable bonds is 5. The molecular formula is C15H17Br2NS. The average molecular weight is 403 g/mol. The molecule has 0 aliphatic carbocycles. The molecule has 0 spiro atoms. The van der Waals surface area contributed by atoms with Crippen molar-refractivity contribution >= 4 is 43.2 Å². The monoisotopic (exact) mass is 401 g/mol. The molecule has 0 saturated heterocycles. The molecule has 0 saturated carbocycles. The quantitative estimate of drug-likeness (QED) is 0.698. The van der Waals surface area contributed by atoms with E-state index in [4.69, 9.17) is 0 Å². The van der Waals surface area contributed by atoms with Crippen LogP contribution in [0.3, 0.4) is 0 Å². The van der Waals surface area contributed by atoms with E-state index in [1.807, 2.05) is 0 Å². The van der Waals surface area contributed by atoms with Crippen LogP contribution in [0.5, 0.6) is 0 Å². The molecule has 0 amide bonds. The van der Waals surface area contributed by atoms with Crippen molar-refractivity contribution in [1.29, 1.82) is 0 Å². The Morgan fingerprint density at radius 2 is 2.05 bits per heavy atom. The summed E-state index contributed by atoms with van der Waals surface area (Å²) in [6, 6.07) is 8.93. The van der Waals surface area contributed by atoms with E-state index in [1.165, 1.54) is 24.9 Å². The molecule has 1 unspecified atom stereocenters. The molecule has 19 heavy (non-hydrogen) atoms. The van der Waals surface area contributed by atoms with Crippen LogP contribution in [0.2, 0.25) is 0 Å². The zero-order valence-corrected chi connectivity index (χ0v) is 15.0. The molecule has 1 atom stereocenters. The zero-order chi connectivity index (χ0) is 13.8. The van der Waals surface area contributed by atoms with Crippen LogP contribution in [0.1, 0.15) is 29.0 Å². The van der Waals surface area contributed by atoms with Crippen molar-refractivity contribution in [2.75, 3.05) is 6.54 Å². The molecule has 1 heterocycles. The minimum Gasteiger partial charge on any atom is -0.310 e. The number of aryl methyl sites for hydroxylation is 1. The lowest BCUT2D eigenvalue weighted by molar-refractivity contribution is 0.550. The van der Waals surface area contributed by atoms with Gasteiger partial charge in [-0.15, -0.1) is 11.3 Å². The smallest absolute Gasteiger partial charge is 0.0380 e. The van der Waals surface area contributed by atoms with E-state index < -0.39 is 0 Å². The Bertz CT molecular complexity index is 551. The predicted octanol–water partition coefficient (Wildman–Crippen LogP) is 5.47. The summed E-state index contributed by atoms with van der Waals surface area (Å²) in [4.78, 5) is 1.39. The molecule has 2 rings (SSSR count). The van der Waals surface area contributed by atoms with Gasteiger partial charge in [0.2, 0.25) is 0 Å². The summed E-state index contributed by atoms with van der Waals surface area (Å²) in [5, 5.41) is 5.72. The van der Waals surface area contributed by atoms with Crippen LogP contribution in [0, 0.1) is 6.92 Å². The highest BCUT2D eigenvalue weighted by atomic mass is 79.9. The van der Waals surface area contributed by atoms with E-state index in [0.29, 0.717) is 6.04 Å². The van der Waals surface area contributed by atoms with Crippen molar-refractivity contribution in [1.82, 2.24) is 5.32 Å². The maximum absolute atomic E-state index is 3.73. The van der Waals surface area contributed by atoms with Gasteiger partial charge in [-0.2, -0.15) is 0 Å². The minimum atomic E-state index is 0.342. The summed E-state index contributed by atoms with van der Waals surface area (Å²) < 4.78 is 2.43. The highest BCUT2D eigenvalue weighted by Crippen LogP contribution is 2.32. The van der Waals surface area contributed by atoms with Crippen molar-refractivity contribution in [2.24, 2.45) is 0 Å². The van der Waals surface area contributed by atoms with Crippen LogP contribution in [0.4, 0.5) is 0 Å². The van der Waals surface area contributed by atoms with Gasteiger partial charge in [-0.3, -0.25) is 0 Å². The van der Waals surface area contributed by atoms with Crippen molar-refractivity contribution in [3.05, 3.63) is 54.6 Å². The van der Waals surface area contributed by atoms with E-state index in [1.54, 1.807) is 11.3 Å². The Kier molecular flexibility index (Phi) is 5.63. The number of halogens is 2. The Morgan fingerprint density at radius 3 is 2.68 bits per heavy atom. The lowest BCUT2D eigenvalue weighted by atomic mass is 10.0. The zero-order valence-electron chi connectivity index (χ0n) is 11.0. The molecule has 2 aromatic rings. The Hall–Kier alpha value is -0.160. The van der Waals surface area contributed by atoms with Gasteiger partial charge in [-0.25, -0.2) is 0 Å². The molecule has 1 N–H and O–H groups in total. The molecule has 0 aliphatic rings. The first kappa shape index (κ1) is 15.2. The molecule has 102 valence electrons. The lowest BCUT2D eigenvalue weighted by Gasteiger charge is -2.20. The second kappa shape index (κ2) is 7.02. The summed E-state index contributed by atoms with van der Waals surface area (Å²) >= 11 is 9.15. The van der Waals surface area contributed by atoms with Crippen LogP contribution in [0.25, 0.3) is 0 Å². The number of thiophene rings is 1. The SMILES string of the molecule is CCNC(Cc1sccc1Br)c1cccc(C)c1Br. The van der Waals surface area contributed by atoms with Gasteiger partial charge in [0, 0.05) is 26.3 Å². The van der Waals surface area contributed by atoms with E-state index in [9.17, 15) is 0 Å². The molecule has 4 heteroatoms. The maximum atomic E-state index is 3.73. The molecule has 1 aromatic carbocycles.